The Morgan fingerprint density at radius 1 is 0.964 bits per heavy atom. The maximum atomic E-state index is 11.5. The molecule has 4 rings (SSSR count). The molecule has 4 heteroatoms. The van der Waals surface area contributed by atoms with Crippen molar-refractivity contribution in [3.63, 3.8) is 0 Å². The third-order valence-corrected chi connectivity index (χ3v) is 10.3. The van der Waals surface area contributed by atoms with E-state index in [0.717, 1.165) is 57.8 Å². The summed E-state index contributed by atoms with van der Waals surface area (Å²) in [7, 11) is 0. The molecule has 4 nitrogen and oxygen atoms in total. The zero-order valence-electron chi connectivity index (χ0n) is 18.1. The molecule has 4 aliphatic carbocycles. The lowest BCUT2D eigenvalue weighted by Gasteiger charge is -2.63. The predicted molar refractivity (Wildman–Crippen MR) is 109 cm³/mol. The molecule has 4 aliphatic rings. The molecule has 4 N–H and O–H groups in total. The third-order valence-electron chi connectivity index (χ3n) is 10.3. The van der Waals surface area contributed by atoms with Gasteiger partial charge in [0.2, 0.25) is 0 Å². The van der Waals surface area contributed by atoms with Crippen LogP contribution in [-0.4, -0.2) is 45.3 Å². The molecule has 0 saturated heterocycles. The summed E-state index contributed by atoms with van der Waals surface area (Å²) in [5, 5.41) is 42.2. The number of hydrogen-bond donors (Lipinski definition) is 4. The standard InChI is InChI=1S/C24H42O4/c1-14(5-4-10-25)17-6-7-18-22-19(13-21(28)24(17,18)3)23(2)9-8-16(26)11-15(23)12-20(22)27/h14-22,25-28H,4-13H2,1-3H3/t14-,15+,16-,17-,18+,19+,20-,21+,22+,23+,24-/m1/s1. The largest absolute Gasteiger partial charge is 0.396 e. The van der Waals surface area contributed by atoms with Crippen molar-refractivity contribution in [2.24, 2.45) is 46.3 Å². The second-order valence-electron chi connectivity index (χ2n) is 11.4. The SMILES string of the molecule is C[C@H](CCCO)[C@H]1CC[C@H]2[C@@H]3[C@H](O)C[C@@H]4C[C@H](O)CC[C@]4(C)[C@H]3C[C@H](O)[C@]12C. The first kappa shape index (κ1) is 21.1. The summed E-state index contributed by atoms with van der Waals surface area (Å²) in [4.78, 5) is 0. The van der Waals surface area contributed by atoms with Crippen LogP contribution in [-0.2, 0) is 0 Å². The Hall–Kier alpha value is -0.160. The molecule has 162 valence electrons. The van der Waals surface area contributed by atoms with Gasteiger partial charge in [0.1, 0.15) is 0 Å². The van der Waals surface area contributed by atoms with E-state index in [-0.39, 0.29) is 35.7 Å². The first-order chi connectivity index (χ1) is 13.2. The molecule has 0 amide bonds. The first-order valence-corrected chi connectivity index (χ1v) is 11.9. The Morgan fingerprint density at radius 2 is 1.71 bits per heavy atom. The maximum Gasteiger partial charge on any atom is 0.0602 e. The number of rotatable bonds is 4. The minimum Gasteiger partial charge on any atom is -0.396 e. The van der Waals surface area contributed by atoms with Gasteiger partial charge in [-0.25, -0.2) is 0 Å². The molecule has 0 heterocycles. The van der Waals surface area contributed by atoms with Gasteiger partial charge in [0, 0.05) is 6.61 Å². The van der Waals surface area contributed by atoms with Gasteiger partial charge in [-0.2, -0.15) is 0 Å². The van der Waals surface area contributed by atoms with Gasteiger partial charge in [0.15, 0.2) is 0 Å². The fourth-order valence-corrected chi connectivity index (χ4v) is 8.75. The van der Waals surface area contributed by atoms with Crippen LogP contribution in [0.1, 0.15) is 78.6 Å². The van der Waals surface area contributed by atoms with Crippen molar-refractivity contribution in [2.75, 3.05) is 6.61 Å². The average molecular weight is 395 g/mol. The molecule has 28 heavy (non-hydrogen) atoms. The Kier molecular flexibility index (Phi) is 5.66. The van der Waals surface area contributed by atoms with Crippen LogP contribution in [0.4, 0.5) is 0 Å². The van der Waals surface area contributed by atoms with Gasteiger partial charge >= 0.3 is 0 Å². The van der Waals surface area contributed by atoms with Crippen molar-refractivity contribution >= 4 is 0 Å². The van der Waals surface area contributed by atoms with Crippen molar-refractivity contribution in [1.82, 2.24) is 0 Å². The average Bonchev–Trinajstić information content (AvgIpc) is 3.01. The summed E-state index contributed by atoms with van der Waals surface area (Å²) >= 11 is 0. The van der Waals surface area contributed by atoms with E-state index in [1.54, 1.807) is 0 Å². The van der Waals surface area contributed by atoms with E-state index in [1.807, 2.05) is 0 Å². The molecule has 4 saturated carbocycles. The monoisotopic (exact) mass is 394 g/mol. The Bertz CT molecular complexity index is 567. The Balaban J connectivity index is 1.62. The molecular weight excluding hydrogens is 352 g/mol. The lowest BCUT2D eigenvalue weighted by Crippen LogP contribution is -2.62. The summed E-state index contributed by atoms with van der Waals surface area (Å²) in [6.07, 6.45) is 7.62. The van der Waals surface area contributed by atoms with Gasteiger partial charge in [0.05, 0.1) is 18.3 Å². The predicted octanol–water partition coefficient (Wildman–Crippen LogP) is 3.36. The van der Waals surface area contributed by atoms with Gasteiger partial charge in [-0.1, -0.05) is 20.8 Å². The Morgan fingerprint density at radius 3 is 2.43 bits per heavy atom. The van der Waals surface area contributed by atoms with Crippen LogP contribution in [0.2, 0.25) is 0 Å². The summed E-state index contributed by atoms with van der Waals surface area (Å²) in [5.74, 6) is 2.41. The van der Waals surface area contributed by atoms with E-state index in [9.17, 15) is 20.4 Å². The molecule has 0 bridgehead atoms. The van der Waals surface area contributed by atoms with Crippen molar-refractivity contribution in [2.45, 2.75) is 96.9 Å². The van der Waals surface area contributed by atoms with Crippen LogP contribution in [0, 0.1) is 46.3 Å². The second-order valence-corrected chi connectivity index (χ2v) is 11.4. The van der Waals surface area contributed by atoms with E-state index < -0.39 is 0 Å². The second kappa shape index (κ2) is 7.51. The quantitative estimate of drug-likeness (QED) is 0.589. The van der Waals surface area contributed by atoms with Crippen LogP contribution in [0.5, 0.6) is 0 Å². The molecule has 0 radical (unpaired) electrons. The first-order valence-electron chi connectivity index (χ1n) is 11.9. The van der Waals surface area contributed by atoms with Gasteiger partial charge in [-0.15, -0.1) is 0 Å². The van der Waals surface area contributed by atoms with Crippen molar-refractivity contribution in [1.29, 1.82) is 0 Å². The highest BCUT2D eigenvalue weighted by atomic mass is 16.3. The number of aliphatic hydroxyl groups excluding tert-OH is 4. The lowest BCUT2D eigenvalue weighted by atomic mass is 9.43. The fraction of sp³-hybridized carbons (Fsp3) is 1.00. The highest BCUT2D eigenvalue weighted by Gasteiger charge is 2.65. The van der Waals surface area contributed by atoms with Crippen molar-refractivity contribution in [3.05, 3.63) is 0 Å². The normalized spacial score (nSPS) is 54.5. The lowest BCUT2D eigenvalue weighted by molar-refractivity contribution is -0.207. The van der Waals surface area contributed by atoms with E-state index in [1.165, 1.54) is 0 Å². The number of aliphatic hydroxyl groups is 4. The molecule has 0 aromatic rings. The number of hydrogen-bond acceptors (Lipinski definition) is 4. The molecule has 11 atom stereocenters. The van der Waals surface area contributed by atoms with Crippen LogP contribution in [0.3, 0.4) is 0 Å². The smallest absolute Gasteiger partial charge is 0.0602 e. The van der Waals surface area contributed by atoms with Crippen molar-refractivity contribution in [3.8, 4) is 0 Å². The van der Waals surface area contributed by atoms with Crippen LogP contribution < -0.4 is 0 Å². The van der Waals surface area contributed by atoms with Crippen LogP contribution in [0.25, 0.3) is 0 Å². The summed E-state index contributed by atoms with van der Waals surface area (Å²) in [6, 6.07) is 0. The fourth-order valence-electron chi connectivity index (χ4n) is 8.75. The molecule has 0 spiro atoms. The van der Waals surface area contributed by atoms with E-state index >= 15 is 0 Å². The maximum absolute atomic E-state index is 11.5. The molecule has 0 aromatic heterocycles. The Labute approximate surface area is 170 Å². The highest BCUT2D eigenvalue weighted by molar-refractivity contribution is 5.14. The minimum atomic E-state index is -0.308. The van der Waals surface area contributed by atoms with Gasteiger partial charge in [-0.3, -0.25) is 0 Å². The minimum absolute atomic E-state index is 0.117. The van der Waals surface area contributed by atoms with Gasteiger partial charge in [-0.05, 0) is 104 Å². The molecule has 0 aromatic carbocycles. The van der Waals surface area contributed by atoms with Gasteiger partial charge in [0.25, 0.3) is 0 Å². The van der Waals surface area contributed by atoms with E-state index in [4.69, 9.17) is 0 Å². The van der Waals surface area contributed by atoms with Crippen molar-refractivity contribution < 1.29 is 20.4 Å². The van der Waals surface area contributed by atoms with Gasteiger partial charge < -0.3 is 20.4 Å². The summed E-state index contributed by atoms with van der Waals surface area (Å²) in [6.45, 7) is 7.23. The van der Waals surface area contributed by atoms with Crippen LogP contribution >= 0.6 is 0 Å². The molecule has 0 unspecified atom stereocenters. The summed E-state index contributed by atoms with van der Waals surface area (Å²) in [5.41, 5.74) is 0.0282. The molecule has 0 aliphatic heterocycles. The van der Waals surface area contributed by atoms with Crippen LogP contribution in [0.15, 0.2) is 0 Å². The summed E-state index contributed by atoms with van der Waals surface area (Å²) < 4.78 is 0. The third kappa shape index (κ3) is 3.01. The zero-order chi connectivity index (χ0) is 20.3. The molecule has 4 fully saturated rings. The van der Waals surface area contributed by atoms with E-state index in [2.05, 4.69) is 20.8 Å². The highest BCUT2D eigenvalue weighted by Crippen LogP contribution is 2.68. The zero-order valence-corrected chi connectivity index (χ0v) is 18.1. The molecular formula is C24H42O4. The van der Waals surface area contributed by atoms with E-state index in [0.29, 0.717) is 35.5 Å². The topological polar surface area (TPSA) is 80.9 Å². The number of fused-ring (bicyclic) bond motifs is 5.